The van der Waals surface area contributed by atoms with Crippen LogP contribution in [0.2, 0.25) is 0 Å². The number of nitrogens with one attached hydrogen (secondary N) is 2. The van der Waals surface area contributed by atoms with E-state index in [4.69, 9.17) is 5.73 Å². The van der Waals surface area contributed by atoms with Crippen molar-refractivity contribution in [2.75, 3.05) is 13.1 Å². The van der Waals surface area contributed by atoms with E-state index in [-0.39, 0.29) is 35.8 Å². The highest BCUT2D eigenvalue weighted by atomic mass is 35.5. The summed E-state index contributed by atoms with van der Waals surface area (Å²) in [5.74, 6) is 0.173. The molecular weight excluding hydrogens is 338 g/mol. The maximum atomic E-state index is 12.1. The van der Waals surface area contributed by atoms with Crippen molar-refractivity contribution in [3.8, 4) is 0 Å². The molecule has 8 heteroatoms. The Labute approximate surface area is 143 Å². The summed E-state index contributed by atoms with van der Waals surface area (Å²) in [4.78, 5) is 12.1. The van der Waals surface area contributed by atoms with Crippen molar-refractivity contribution < 1.29 is 13.2 Å². The van der Waals surface area contributed by atoms with Crippen LogP contribution in [0.4, 0.5) is 0 Å². The van der Waals surface area contributed by atoms with Gasteiger partial charge in [0, 0.05) is 24.7 Å². The van der Waals surface area contributed by atoms with Crippen LogP contribution < -0.4 is 15.8 Å². The van der Waals surface area contributed by atoms with Gasteiger partial charge >= 0.3 is 0 Å². The first-order valence-electron chi connectivity index (χ1n) is 7.18. The zero-order valence-corrected chi connectivity index (χ0v) is 14.3. The lowest BCUT2D eigenvalue weighted by molar-refractivity contribution is 0.0950. The topological polar surface area (TPSA) is 101 Å². The van der Waals surface area contributed by atoms with Crippen LogP contribution in [-0.2, 0) is 10.0 Å². The lowest BCUT2D eigenvalue weighted by atomic mass is 10.2. The molecule has 0 aromatic heterocycles. The maximum absolute atomic E-state index is 12.1. The van der Waals surface area contributed by atoms with Crippen LogP contribution in [0.1, 0.15) is 23.2 Å². The quantitative estimate of drug-likeness (QED) is 0.603. The lowest BCUT2D eigenvalue weighted by Crippen LogP contribution is -2.38. The zero-order valence-electron chi connectivity index (χ0n) is 12.7. The van der Waals surface area contributed by atoms with Crippen LogP contribution in [0.25, 0.3) is 0 Å². The Balaban J connectivity index is 0.00000264. The molecule has 1 aromatic carbocycles. The molecule has 128 valence electrons. The first-order chi connectivity index (χ1) is 10.4. The first kappa shape index (κ1) is 19.6. The van der Waals surface area contributed by atoms with E-state index in [1.807, 2.05) is 0 Å². The van der Waals surface area contributed by atoms with Gasteiger partial charge in [-0.1, -0.05) is 12.1 Å². The van der Waals surface area contributed by atoms with Gasteiger partial charge in [-0.05, 0) is 37.0 Å². The summed E-state index contributed by atoms with van der Waals surface area (Å²) < 4.78 is 26.4. The molecular formula is C15H22ClN3O3S. The van der Waals surface area contributed by atoms with Gasteiger partial charge in [0.05, 0.1) is 4.90 Å². The molecule has 1 atom stereocenters. The normalized spacial score (nSPS) is 15.3. The third kappa shape index (κ3) is 5.62. The molecule has 1 saturated carbocycles. The Hall–Kier alpha value is -1.41. The highest BCUT2D eigenvalue weighted by Gasteiger charge is 2.28. The number of carbonyl (C=O) groups excluding carboxylic acids is 1. The fourth-order valence-electron chi connectivity index (χ4n) is 2.06. The molecule has 23 heavy (non-hydrogen) atoms. The van der Waals surface area contributed by atoms with Crippen LogP contribution in [0.15, 0.2) is 41.8 Å². The highest BCUT2D eigenvalue weighted by Crippen LogP contribution is 2.31. The van der Waals surface area contributed by atoms with Crippen molar-refractivity contribution in [2.24, 2.45) is 11.7 Å². The molecule has 0 aliphatic heterocycles. The second kappa shape index (κ2) is 8.44. The predicted octanol–water partition coefficient (Wildman–Crippen LogP) is 1.04. The Morgan fingerprint density at radius 3 is 2.74 bits per heavy atom. The SMILES string of the molecule is C=CCNS(=O)(=O)c1cccc(C(=O)NCC(N)C2CC2)c1.Cl. The molecule has 1 aromatic rings. The number of hydrogen-bond acceptors (Lipinski definition) is 4. The number of carbonyl (C=O) groups is 1. The van der Waals surface area contributed by atoms with Gasteiger partial charge in [-0.3, -0.25) is 4.79 Å². The number of amides is 1. The largest absolute Gasteiger partial charge is 0.350 e. The van der Waals surface area contributed by atoms with Gasteiger partial charge in [0.15, 0.2) is 0 Å². The third-order valence-corrected chi connectivity index (χ3v) is 4.97. The number of halogens is 1. The fourth-order valence-corrected chi connectivity index (χ4v) is 3.10. The summed E-state index contributed by atoms with van der Waals surface area (Å²) in [7, 11) is -3.64. The molecule has 2 rings (SSSR count). The van der Waals surface area contributed by atoms with Gasteiger partial charge < -0.3 is 11.1 Å². The predicted molar refractivity (Wildman–Crippen MR) is 92.1 cm³/mol. The van der Waals surface area contributed by atoms with E-state index in [9.17, 15) is 13.2 Å². The Morgan fingerprint density at radius 1 is 1.43 bits per heavy atom. The van der Waals surface area contributed by atoms with E-state index >= 15 is 0 Å². The van der Waals surface area contributed by atoms with Gasteiger partial charge in [0.25, 0.3) is 5.91 Å². The van der Waals surface area contributed by atoms with Crippen molar-refractivity contribution in [1.82, 2.24) is 10.0 Å². The van der Waals surface area contributed by atoms with Gasteiger partial charge in [0.2, 0.25) is 10.0 Å². The molecule has 1 aliphatic carbocycles. The second-order valence-electron chi connectivity index (χ2n) is 5.38. The fraction of sp³-hybridized carbons (Fsp3) is 0.400. The molecule has 1 fully saturated rings. The summed E-state index contributed by atoms with van der Waals surface area (Å²) in [6.45, 7) is 3.99. The maximum Gasteiger partial charge on any atom is 0.251 e. The molecule has 0 saturated heterocycles. The molecule has 1 unspecified atom stereocenters. The molecule has 0 spiro atoms. The smallest absolute Gasteiger partial charge is 0.251 e. The first-order valence-corrected chi connectivity index (χ1v) is 8.67. The van der Waals surface area contributed by atoms with Crippen LogP contribution in [0, 0.1) is 5.92 Å². The second-order valence-corrected chi connectivity index (χ2v) is 7.15. The average molecular weight is 360 g/mol. The van der Waals surface area contributed by atoms with Crippen molar-refractivity contribution in [1.29, 1.82) is 0 Å². The molecule has 1 amide bonds. The summed E-state index contributed by atoms with van der Waals surface area (Å²) >= 11 is 0. The van der Waals surface area contributed by atoms with Gasteiger partial charge in [0.1, 0.15) is 0 Å². The summed E-state index contributed by atoms with van der Waals surface area (Å²) in [5, 5.41) is 2.75. The molecule has 0 bridgehead atoms. The number of hydrogen-bond donors (Lipinski definition) is 3. The van der Waals surface area contributed by atoms with Crippen molar-refractivity contribution in [2.45, 2.75) is 23.8 Å². The monoisotopic (exact) mass is 359 g/mol. The standard InChI is InChI=1S/C15H21N3O3S.ClH/c1-2-8-18-22(20,21)13-5-3-4-12(9-13)15(19)17-10-14(16)11-6-7-11;/h2-5,9,11,14,18H,1,6-8,10,16H2,(H,17,19);1H. The van der Waals surface area contributed by atoms with E-state index in [2.05, 4.69) is 16.6 Å². The van der Waals surface area contributed by atoms with Gasteiger partial charge in [-0.2, -0.15) is 0 Å². The highest BCUT2D eigenvalue weighted by molar-refractivity contribution is 7.89. The Morgan fingerprint density at radius 2 is 2.13 bits per heavy atom. The minimum absolute atomic E-state index is 0. The summed E-state index contributed by atoms with van der Waals surface area (Å²) in [5.41, 5.74) is 6.23. The van der Waals surface area contributed by atoms with Crippen molar-refractivity contribution in [3.63, 3.8) is 0 Å². The van der Waals surface area contributed by atoms with Gasteiger partial charge in [-0.15, -0.1) is 19.0 Å². The minimum atomic E-state index is -3.64. The van der Waals surface area contributed by atoms with Crippen LogP contribution >= 0.6 is 12.4 Å². The van der Waals surface area contributed by atoms with Crippen molar-refractivity contribution in [3.05, 3.63) is 42.5 Å². The minimum Gasteiger partial charge on any atom is -0.350 e. The summed E-state index contributed by atoms with van der Waals surface area (Å²) in [6, 6.07) is 5.87. The molecule has 4 N–H and O–H groups in total. The van der Waals surface area contributed by atoms with Crippen LogP contribution in [0.3, 0.4) is 0 Å². The zero-order chi connectivity index (χ0) is 16.2. The third-order valence-electron chi connectivity index (χ3n) is 3.55. The lowest BCUT2D eigenvalue weighted by Gasteiger charge is -2.12. The number of sulfonamides is 1. The van der Waals surface area contributed by atoms with E-state index in [0.717, 1.165) is 12.8 Å². The van der Waals surface area contributed by atoms with Gasteiger partial charge in [-0.25, -0.2) is 13.1 Å². The average Bonchev–Trinajstić information content (AvgIpc) is 3.35. The van der Waals surface area contributed by atoms with Crippen LogP contribution in [-0.4, -0.2) is 33.5 Å². The molecule has 6 nitrogen and oxygen atoms in total. The van der Waals surface area contributed by atoms with Crippen LogP contribution in [0.5, 0.6) is 0 Å². The van der Waals surface area contributed by atoms with E-state index in [1.54, 1.807) is 6.07 Å². The van der Waals surface area contributed by atoms with E-state index < -0.39 is 10.0 Å². The Kier molecular flexibility index (Phi) is 7.21. The molecule has 0 heterocycles. The number of benzene rings is 1. The van der Waals surface area contributed by atoms with Crippen molar-refractivity contribution >= 4 is 28.3 Å². The molecule has 0 radical (unpaired) electrons. The van der Waals surface area contributed by atoms with E-state index in [1.165, 1.54) is 24.3 Å². The number of nitrogens with two attached hydrogens (primary N) is 1. The number of rotatable bonds is 8. The molecule has 1 aliphatic rings. The van der Waals surface area contributed by atoms with E-state index in [0.29, 0.717) is 18.0 Å². The summed E-state index contributed by atoms with van der Waals surface area (Å²) in [6.07, 6.45) is 3.67. The Bertz CT molecular complexity index is 660.